The Bertz CT molecular complexity index is 816. The normalized spacial score (nSPS) is 10.2. The van der Waals surface area contributed by atoms with Gasteiger partial charge in [0.1, 0.15) is 12.3 Å². The molecule has 1 aromatic heterocycles. The molecule has 1 aromatic carbocycles. The number of carboxylic acid groups (broad SMARTS) is 1. The summed E-state index contributed by atoms with van der Waals surface area (Å²) in [6.07, 6.45) is 1.12. The Kier molecular flexibility index (Phi) is 5.02. The van der Waals surface area contributed by atoms with Gasteiger partial charge in [-0.2, -0.15) is 0 Å². The number of benzene rings is 1. The number of carboxylic acids is 1. The Hall–Kier alpha value is -2.80. The lowest BCUT2D eigenvalue weighted by Crippen LogP contribution is -2.27. The second-order valence-electron chi connectivity index (χ2n) is 4.59. The monoisotopic (exact) mass is 336 g/mol. The molecule has 0 unspecified atom stereocenters. The molecule has 0 saturated heterocycles. The van der Waals surface area contributed by atoms with Crippen LogP contribution in [0.25, 0.3) is 0 Å². The van der Waals surface area contributed by atoms with Crippen molar-refractivity contribution in [1.82, 2.24) is 4.57 Å². The molecular formula is C15H13ClN2O5. The van der Waals surface area contributed by atoms with Gasteiger partial charge < -0.3 is 19.7 Å². The van der Waals surface area contributed by atoms with Crippen molar-refractivity contribution < 1.29 is 19.4 Å². The summed E-state index contributed by atoms with van der Waals surface area (Å²) in [5.41, 5.74) is -0.119. The van der Waals surface area contributed by atoms with Crippen LogP contribution in [0.5, 0.6) is 5.75 Å². The van der Waals surface area contributed by atoms with Gasteiger partial charge in [0, 0.05) is 18.0 Å². The molecule has 2 N–H and O–H groups in total. The first-order valence-electron chi connectivity index (χ1n) is 6.48. The quantitative estimate of drug-likeness (QED) is 0.868. The number of nitrogens with one attached hydrogen (secondary N) is 1. The molecule has 7 nitrogen and oxygen atoms in total. The number of amides is 1. The average Bonchev–Trinajstić information content (AvgIpc) is 2.49. The Morgan fingerprint density at radius 1 is 1.30 bits per heavy atom. The highest BCUT2D eigenvalue weighted by Gasteiger charge is 2.10. The fraction of sp³-hybridized carbons (Fsp3) is 0.133. The van der Waals surface area contributed by atoms with Crippen LogP contribution in [0.3, 0.4) is 0 Å². The first kappa shape index (κ1) is 16.6. The summed E-state index contributed by atoms with van der Waals surface area (Å²) >= 11 is 5.96. The van der Waals surface area contributed by atoms with E-state index in [-0.39, 0.29) is 12.1 Å². The van der Waals surface area contributed by atoms with Crippen LogP contribution in [0.15, 0.2) is 41.3 Å². The summed E-state index contributed by atoms with van der Waals surface area (Å²) in [6, 6.07) is 6.98. The van der Waals surface area contributed by atoms with Crippen LogP contribution in [0.2, 0.25) is 5.02 Å². The number of aromatic carboxylic acids is 1. The Labute approximate surface area is 136 Å². The molecule has 1 amide bonds. The van der Waals surface area contributed by atoms with Gasteiger partial charge in [-0.25, -0.2) is 4.79 Å². The third-order valence-corrected chi connectivity index (χ3v) is 3.28. The highest BCUT2D eigenvalue weighted by atomic mass is 35.5. The van der Waals surface area contributed by atoms with Gasteiger partial charge in [-0.1, -0.05) is 11.6 Å². The van der Waals surface area contributed by atoms with Crippen LogP contribution < -0.4 is 15.6 Å². The molecule has 0 aliphatic rings. The molecule has 0 aliphatic heterocycles. The number of nitrogens with zero attached hydrogens (tertiary/aromatic N) is 1. The number of halogens is 1. The summed E-state index contributed by atoms with van der Waals surface area (Å²) in [4.78, 5) is 34.6. The molecule has 0 atom stereocenters. The number of carbonyl (C=O) groups excluding carboxylic acids is 1. The zero-order valence-electron chi connectivity index (χ0n) is 12.1. The van der Waals surface area contributed by atoms with E-state index in [9.17, 15) is 14.4 Å². The zero-order chi connectivity index (χ0) is 17.0. The molecule has 2 rings (SSSR count). The number of ether oxygens (including phenoxy) is 1. The number of hydrogen-bond donors (Lipinski definition) is 2. The summed E-state index contributed by atoms with van der Waals surface area (Å²) in [5.74, 6) is -1.20. The highest BCUT2D eigenvalue weighted by Crippen LogP contribution is 2.27. The summed E-state index contributed by atoms with van der Waals surface area (Å²) in [7, 11) is 1.47. The molecule has 0 fully saturated rings. The van der Waals surface area contributed by atoms with Gasteiger partial charge in [-0.05, 0) is 24.3 Å². The summed E-state index contributed by atoms with van der Waals surface area (Å²) in [6.45, 7) is -0.316. The van der Waals surface area contributed by atoms with Gasteiger partial charge in [0.15, 0.2) is 0 Å². The van der Waals surface area contributed by atoms with E-state index >= 15 is 0 Å². The van der Waals surface area contributed by atoms with Gasteiger partial charge in [0.2, 0.25) is 5.91 Å². The van der Waals surface area contributed by atoms with E-state index in [2.05, 4.69) is 5.32 Å². The lowest BCUT2D eigenvalue weighted by atomic mass is 10.3. The molecule has 2 aromatic rings. The van der Waals surface area contributed by atoms with Crippen LogP contribution in [0.1, 0.15) is 10.4 Å². The number of aromatic nitrogens is 1. The van der Waals surface area contributed by atoms with Crippen molar-refractivity contribution >= 4 is 29.2 Å². The predicted molar refractivity (Wildman–Crippen MR) is 84.3 cm³/mol. The van der Waals surface area contributed by atoms with E-state index in [1.807, 2.05) is 0 Å². The maximum absolute atomic E-state index is 12.0. The molecule has 0 spiro atoms. The smallest absolute Gasteiger partial charge is 0.337 e. The molecule has 1 heterocycles. The molecule has 0 radical (unpaired) electrons. The second-order valence-corrected chi connectivity index (χ2v) is 4.99. The van der Waals surface area contributed by atoms with Crippen molar-refractivity contribution in [1.29, 1.82) is 0 Å². The third-order valence-electron chi connectivity index (χ3n) is 2.98. The second kappa shape index (κ2) is 6.97. The molecule has 23 heavy (non-hydrogen) atoms. The number of pyridine rings is 1. The minimum atomic E-state index is -1.18. The van der Waals surface area contributed by atoms with Crippen molar-refractivity contribution in [3.8, 4) is 5.75 Å². The van der Waals surface area contributed by atoms with Gasteiger partial charge >= 0.3 is 5.97 Å². The highest BCUT2D eigenvalue weighted by molar-refractivity contribution is 6.32. The number of anilines is 1. The third kappa shape index (κ3) is 4.10. The van der Waals surface area contributed by atoms with Gasteiger partial charge in [0.05, 0.1) is 17.7 Å². The van der Waals surface area contributed by atoms with E-state index in [4.69, 9.17) is 21.4 Å². The van der Waals surface area contributed by atoms with Gasteiger partial charge in [0.25, 0.3) is 5.56 Å². The van der Waals surface area contributed by atoms with E-state index < -0.39 is 17.4 Å². The maximum Gasteiger partial charge on any atom is 0.337 e. The van der Waals surface area contributed by atoms with Crippen LogP contribution in [-0.4, -0.2) is 28.7 Å². The van der Waals surface area contributed by atoms with Crippen molar-refractivity contribution in [2.24, 2.45) is 0 Å². The number of carbonyl (C=O) groups is 2. The minimum Gasteiger partial charge on any atom is -0.495 e. The number of methoxy groups -OCH3 is 1. The fourth-order valence-electron chi connectivity index (χ4n) is 1.88. The molecular weight excluding hydrogens is 324 g/mol. The average molecular weight is 337 g/mol. The number of rotatable bonds is 5. The van der Waals surface area contributed by atoms with E-state index in [1.54, 1.807) is 12.1 Å². The first-order valence-corrected chi connectivity index (χ1v) is 6.85. The Morgan fingerprint density at radius 2 is 2.04 bits per heavy atom. The molecule has 120 valence electrons. The van der Waals surface area contributed by atoms with Crippen molar-refractivity contribution in [2.45, 2.75) is 6.54 Å². The van der Waals surface area contributed by atoms with Gasteiger partial charge in [-0.15, -0.1) is 0 Å². The number of hydrogen-bond acceptors (Lipinski definition) is 4. The zero-order valence-corrected chi connectivity index (χ0v) is 12.8. The van der Waals surface area contributed by atoms with Crippen molar-refractivity contribution in [3.05, 3.63) is 57.5 Å². The Morgan fingerprint density at radius 3 is 2.65 bits per heavy atom. The van der Waals surface area contributed by atoms with Crippen LogP contribution in [-0.2, 0) is 11.3 Å². The van der Waals surface area contributed by atoms with Gasteiger partial charge in [-0.3, -0.25) is 9.59 Å². The lowest BCUT2D eigenvalue weighted by molar-refractivity contribution is -0.116. The fourth-order valence-corrected chi connectivity index (χ4v) is 2.14. The minimum absolute atomic E-state index is 0.0788. The summed E-state index contributed by atoms with van der Waals surface area (Å²) < 4.78 is 6.02. The van der Waals surface area contributed by atoms with Crippen LogP contribution in [0.4, 0.5) is 5.69 Å². The molecule has 8 heteroatoms. The molecule has 0 saturated carbocycles. The lowest BCUT2D eigenvalue weighted by Gasteiger charge is -2.09. The topological polar surface area (TPSA) is 97.6 Å². The Balaban J connectivity index is 2.14. The van der Waals surface area contributed by atoms with E-state index in [1.165, 1.54) is 19.2 Å². The maximum atomic E-state index is 12.0. The predicted octanol–water partition coefficient (Wildman–Crippen LogP) is 1.85. The molecule has 0 bridgehead atoms. The summed E-state index contributed by atoms with van der Waals surface area (Å²) in [5, 5.41) is 11.8. The van der Waals surface area contributed by atoms with Crippen LogP contribution in [0, 0.1) is 0 Å². The van der Waals surface area contributed by atoms with E-state index in [0.29, 0.717) is 16.5 Å². The molecule has 0 aliphatic carbocycles. The standard InChI is InChI=1S/C15H13ClN2O5/c1-23-12-4-3-10(6-11(12)16)17-13(19)8-18-7-9(15(21)22)2-5-14(18)20/h2-7H,8H2,1H3,(H,17,19)(H,21,22). The van der Waals surface area contributed by atoms with E-state index in [0.717, 1.165) is 16.8 Å². The van der Waals surface area contributed by atoms with Crippen molar-refractivity contribution in [3.63, 3.8) is 0 Å². The SMILES string of the molecule is COc1ccc(NC(=O)Cn2cc(C(=O)O)ccc2=O)cc1Cl. The first-order chi connectivity index (χ1) is 10.9. The van der Waals surface area contributed by atoms with Crippen LogP contribution >= 0.6 is 11.6 Å². The van der Waals surface area contributed by atoms with Crippen molar-refractivity contribution in [2.75, 3.05) is 12.4 Å². The largest absolute Gasteiger partial charge is 0.495 e.